The Balaban J connectivity index is 0.00000341. The second kappa shape index (κ2) is 13.6. The molecule has 0 spiro atoms. The van der Waals surface area contributed by atoms with E-state index in [2.05, 4.69) is 38.7 Å². The van der Waals surface area contributed by atoms with Crippen LogP contribution in [0.1, 0.15) is 23.6 Å². The second-order valence-electron chi connectivity index (χ2n) is 7.23. The SMILES string of the molecule is CCNC(=NCc1ccccc1CN1CCOCC1)NCCc1c(F)cccc1F.I. The van der Waals surface area contributed by atoms with Crippen LogP contribution in [0.15, 0.2) is 47.5 Å². The Hall–Kier alpha value is -1.78. The zero-order chi connectivity index (χ0) is 21.2. The van der Waals surface area contributed by atoms with Gasteiger partial charge in [0, 0.05) is 38.3 Å². The van der Waals surface area contributed by atoms with Crippen LogP contribution in [0.25, 0.3) is 0 Å². The Bertz CT molecular complexity index is 824. The van der Waals surface area contributed by atoms with Crippen LogP contribution >= 0.6 is 24.0 Å². The standard InChI is InChI=1S/C23H30F2N4O.HI/c1-2-26-23(27-11-10-20-21(24)8-5-9-22(20)25)28-16-18-6-3-4-7-19(18)17-29-12-14-30-15-13-29;/h3-9H,2,10-17H2,1H3,(H2,26,27,28);1H. The number of nitrogens with zero attached hydrogens (tertiary/aromatic N) is 2. The minimum absolute atomic E-state index is 0. The predicted octanol–water partition coefficient (Wildman–Crippen LogP) is 3.71. The summed E-state index contributed by atoms with van der Waals surface area (Å²) < 4.78 is 33.0. The van der Waals surface area contributed by atoms with Crippen molar-refractivity contribution in [1.29, 1.82) is 0 Å². The van der Waals surface area contributed by atoms with Crippen LogP contribution in [-0.2, 0) is 24.2 Å². The van der Waals surface area contributed by atoms with E-state index in [-0.39, 0.29) is 36.0 Å². The van der Waals surface area contributed by atoms with Gasteiger partial charge in [0.25, 0.3) is 0 Å². The van der Waals surface area contributed by atoms with E-state index in [4.69, 9.17) is 4.74 Å². The van der Waals surface area contributed by atoms with Gasteiger partial charge in [0.05, 0.1) is 19.8 Å². The van der Waals surface area contributed by atoms with Crippen LogP contribution in [-0.4, -0.2) is 50.3 Å². The van der Waals surface area contributed by atoms with Crippen LogP contribution in [0.3, 0.4) is 0 Å². The molecule has 5 nitrogen and oxygen atoms in total. The lowest BCUT2D eigenvalue weighted by molar-refractivity contribution is 0.0341. The van der Waals surface area contributed by atoms with Gasteiger partial charge in [-0.2, -0.15) is 0 Å². The summed E-state index contributed by atoms with van der Waals surface area (Å²) in [5.74, 6) is -0.401. The van der Waals surface area contributed by atoms with Crippen molar-refractivity contribution in [1.82, 2.24) is 15.5 Å². The van der Waals surface area contributed by atoms with E-state index in [0.717, 1.165) is 32.8 Å². The molecule has 0 atom stereocenters. The summed E-state index contributed by atoms with van der Waals surface area (Å²) in [6.45, 7) is 7.92. The molecule has 1 heterocycles. The number of nitrogens with one attached hydrogen (secondary N) is 2. The fourth-order valence-electron chi connectivity index (χ4n) is 3.45. The quantitative estimate of drug-likeness (QED) is 0.303. The van der Waals surface area contributed by atoms with Crippen LogP contribution in [0.2, 0.25) is 0 Å². The Kier molecular flexibility index (Phi) is 11.2. The topological polar surface area (TPSA) is 48.9 Å². The van der Waals surface area contributed by atoms with E-state index in [1.54, 1.807) is 0 Å². The fourth-order valence-corrected chi connectivity index (χ4v) is 3.45. The van der Waals surface area contributed by atoms with Gasteiger partial charge >= 0.3 is 0 Å². The molecule has 2 aromatic carbocycles. The van der Waals surface area contributed by atoms with E-state index in [0.29, 0.717) is 25.6 Å². The molecule has 1 aliphatic heterocycles. The first-order valence-corrected chi connectivity index (χ1v) is 10.5. The molecule has 1 saturated heterocycles. The molecule has 31 heavy (non-hydrogen) atoms. The highest BCUT2D eigenvalue weighted by molar-refractivity contribution is 14.0. The molecule has 0 bridgehead atoms. The molecule has 0 amide bonds. The zero-order valence-electron chi connectivity index (χ0n) is 17.9. The number of hydrogen-bond donors (Lipinski definition) is 2. The number of morpholine rings is 1. The number of hydrogen-bond acceptors (Lipinski definition) is 3. The number of ether oxygens (including phenoxy) is 1. The van der Waals surface area contributed by atoms with Gasteiger partial charge in [-0.05, 0) is 36.6 Å². The highest BCUT2D eigenvalue weighted by Crippen LogP contribution is 2.14. The van der Waals surface area contributed by atoms with Crippen molar-refractivity contribution in [3.05, 3.63) is 70.8 Å². The van der Waals surface area contributed by atoms with Gasteiger partial charge < -0.3 is 15.4 Å². The van der Waals surface area contributed by atoms with E-state index >= 15 is 0 Å². The Labute approximate surface area is 200 Å². The predicted molar refractivity (Wildman–Crippen MR) is 131 cm³/mol. The molecule has 0 aliphatic carbocycles. The molecule has 0 aromatic heterocycles. The van der Waals surface area contributed by atoms with Gasteiger partial charge in [-0.1, -0.05) is 30.3 Å². The third-order valence-electron chi connectivity index (χ3n) is 5.10. The number of benzene rings is 2. The summed E-state index contributed by atoms with van der Waals surface area (Å²) in [5, 5.41) is 6.37. The minimum atomic E-state index is -0.518. The van der Waals surface area contributed by atoms with Crippen LogP contribution in [0, 0.1) is 11.6 Å². The lowest BCUT2D eigenvalue weighted by Gasteiger charge is -2.27. The number of halogens is 3. The van der Waals surface area contributed by atoms with Gasteiger partial charge in [-0.25, -0.2) is 13.8 Å². The summed E-state index contributed by atoms with van der Waals surface area (Å²) in [7, 11) is 0. The molecular weight excluding hydrogens is 513 g/mol. The van der Waals surface area contributed by atoms with Gasteiger partial charge in [-0.15, -0.1) is 24.0 Å². The molecule has 1 fully saturated rings. The first kappa shape index (κ1) is 25.5. The lowest BCUT2D eigenvalue weighted by Crippen LogP contribution is -2.38. The molecule has 0 saturated carbocycles. The van der Waals surface area contributed by atoms with Gasteiger partial charge in [-0.3, -0.25) is 4.90 Å². The molecule has 0 unspecified atom stereocenters. The number of guanidine groups is 1. The first-order chi connectivity index (χ1) is 14.7. The van der Waals surface area contributed by atoms with Crippen molar-refractivity contribution >= 4 is 29.9 Å². The maximum Gasteiger partial charge on any atom is 0.191 e. The van der Waals surface area contributed by atoms with Crippen molar-refractivity contribution in [2.45, 2.75) is 26.4 Å². The smallest absolute Gasteiger partial charge is 0.191 e. The number of aliphatic imine (C=N–C) groups is 1. The third kappa shape index (κ3) is 8.01. The van der Waals surface area contributed by atoms with Crippen molar-refractivity contribution < 1.29 is 13.5 Å². The Morgan fingerprint density at radius 2 is 1.68 bits per heavy atom. The van der Waals surface area contributed by atoms with Crippen molar-refractivity contribution in [2.75, 3.05) is 39.4 Å². The summed E-state index contributed by atoms with van der Waals surface area (Å²) in [4.78, 5) is 7.06. The number of rotatable bonds is 8. The molecule has 170 valence electrons. The molecule has 0 radical (unpaired) electrons. The van der Waals surface area contributed by atoms with Crippen LogP contribution in [0.5, 0.6) is 0 Å². The van der Waals surface area contributed by atoms with Crippen molar-refractivity contribution in [2.24, 2.45) is 4.99 Å². The normalized spacial score (nSPS) is 14.7. The maximum absolute atomic E-state index is 13.8. The molecule has 2 aromatic rings. The van der Waals surface area contributed by atoms with Gasteiger partial charge in [0.1, 0.15) is 11.6 Å². The van der Waals surface area contributed by atoms with Crippen LogP contribution < -0.4 is 10.6 Å². The van der Waals surface area contributed by atoms with Crippen molar-refractivity contribution in [3.8, 4) is 0 Å². The average Bonchev–Trinajstić information content (AvgIpc) is 2.75. The summed E-state index contributed by atoms with van der Waals surface area (Å²) >= 11 is 0. The fraction of sp³-hybridized carbons (Fsp3) is 0.435. The average molecular weight is 544 g/mol. The summed E-state index contributed by atoms with van der Waals surface area (Å²) in [6.07, 6.45) is 0.247. The Morgan fingerprint density at radius 3 is 2.35 bits per heavy atom. The first-order valence-electron chi connectivity index (χ1n) is 10.5. The minimum Gasteiger partial charge on any atom is -0.379 e. The van der Waals surface area contributed by atoms with E-state index in [9.17, 15) is 8.78 Å². The van der Waals surface area contributed by atoms with E-state index in [1.165, 1.54) is 29.3 Å². The highest BCUT2D eigenvalue weighted by atomic mass is 127. The van der Waals surface area contributed by atoms with Gasteiger partial charge in [0.2, 0.25) is 0 Å². The zero-order valence-corrected chi connectivity index (χ0v) is 20.2. The molecule has 8 heteroatoms. The summed E-state index contributed by atoms with van der Waals surface area (Å²) in [6, 6.07) is 12.2. The molecule has 3 rings (SSSR count). The third-order valence-corrected chi connectivity index (χ3v) is 5.10. The molecule has 1 aliphatic rings. The highest BCUT2D eigenvalue weighted by Gasteiger charge is 2.13. The van der Waals surface area contributed by atoms with Gasteiger partial charge in [0.15, 0.2) is 5.96 Å². The molecule has 2 N–H and O–H groups in total. The largest absolute Gasteiger partial charge is 0.379 e. The summed E-state index contributed by atoms with van der Waals surface area (Å²) in [5.41, 5.74) is 2.52. The van der Waals surface area contributed by atoms with Crippen molar-refractivity contribution in [3.63, 3.8) is 0 Å². The Morgan fingerprint density at radius 1 is 1.00 bits per heavy atom. The lowest BCUT2D eigenvalue weighted by atomic mass is 10.1. The monoisotopic (exact) mass is 544 g/mol. The van der Waals surface area contributed by atoms with E-state index in [1.807, 2.05) is 13.0 Å². The maximum atomic E-state index is 13.8. The second-order valence-corrected chi connectivity index (χ2v) is 7.23. The van der Waals surface area contributed by atoms with Crippen LogP contribution in [0.4, 0.5) is 8.78 Å². The van der Waals surface area contributed by atoms with E-state index < -0.39 is 11.6 Å². The molecular formula is C23H31F2IN4O.